The Balaban J connectivity index is 1.25. The lowest BCUT2D eigenvalue weighted by atomic mass is 10.1. The van der Waals surface area contributed by atoms with E-state index in [0.29, 0.717) is 19.1 Å². The molecule has 1 aliphatic heterocycles. The predicted octanol–water partition coefficient (Wildman–Crippen LogP) is 3.17. The average molecular weight is 445 g/mol. The first-order valence-electron chi connectivity index (χ1n) is 10.5. The predicted molar refractivity (Wildman–Crippen MR) is 121 cm³/mol. The van der Waals surface area contributed by atoms with E-state index in [1.807, 2.05) is 43.0 Å². The van der Waals surface area contributed by atoms with Gasteiger partial charge in [0.1, 0.15) is 4.34 Å². The molecular weight excluding hydrogens is 416 g/mol. The van der Waals surface area contributed by atoms with E-state index in [4.69, 9.17) is 0 Å². The zero-order valence-corrected chi connectivity index (χ0v) is 19.1. The van der Waals surface area contributed by atoms with Crippen molar-refractivity contribution in [3.63, 3.8) is 0 Å². The Labute approximate surface area is 186 Å². The first kappa shape index (κ1) is 21.3. The molecule has 1 aromatic heterocycles. The summed E-state index contributed by atoms with van der Waals surface area (Å²) in [5, 5.41) is 5.13. The highest BCUT2D eigenvalue weighted by atomic mass is 32.2. The van der Waals surface area contributed by atoms with Crippen LogP contribution in [0.15, 0.2) is 34.0 Å². The summed E-state index contributed by atoms with van der Waals surface area (Å²) in [6.45, 7) is 6.73. The number of hydrogen-bond donors (Lipinski definition) is 1. The number of carbonyl (C=O) groups is 2. The van der Waals surface area contributed by atoms with Gasteiger partial charge in [0.05, 0.1) is 6.04 Å². The van der Waals surface area contributed by atoms with Crippen molar-refractivity contribution in [2.24, 2.45) is 0 Å². The van der Waals surface area contributed by atoms with Gasteiger partial charge in [-0.3, -0.25) is 14.5 Å². The zero-order chi connectivity index (χ0) is 21.1. The lowest BCUT2D eigenvalue weighted by Crippen LogP contribution is -2.55. The van der Waals surface area contributed by atoms with Crippen LogP contribution in [0.2, 0.25) is 0 Å². The van der Waals surface area contributed by atoms with Gasteiger partial charge in [-0.05, 0) is 44.4 Å². The molecule has 1 aliphatic carbocycles. The molecule has 2 fully saturated rings. The minimum Gasteiger partial charge on any atom is -0.352 e. The molecule has 4 rings (SSSR count). The monoisotopic (exact) mass is 444 g/mol. The first-order chi connectivity index (χ1) is 14.5. The second kappa shape index (κ2) is 9.49. The fraction of sp³-hybridized carbons (Fsp3) is 0.500. The smallest absolute Gasteiger partial charge is 0.253 e. The number of amides is 2. The fourth-order valence-corrected chi connectivity index (χ4v) is 5.30. The number of carbonyl (C=O) groups excluding carboxylic acids is 2. The summed E-state index contributed by atoms with van der Waals surface area (Å²) >= 11 is 3.39. The maximum atomic E-state index is 12.9. The standard InChI is InChI=1S/C22H28N4O2S2/c1-15-13-29-22(23-15)30-14-17-3-5-18(6-4-17)21(28)26-11-9-25(10-12-26)16(2)20(27)24-19-7-8-19/h3-6,13,16,19H,7-12,14H2,1-2H3,(H,24,27). The van der Waals surface area contributed by atoms with Crippen LogP contribution in [0.25, 0.3) is 0 Å². The molecule has 1 saturated carbocycles. The molecule has 0 radical (unpaired) electrons. The van der Waals surface area contributed by atoms with E-state index in [1.165, 1.54) is 5.56 Å². The van der Waals surface area contributed by atoms with Crippen LogP contribution in [0.4, 0.5) is 0 Å². The van der Waals surface area contributed by atoms with E-state index in [9.17, 15) is 9.59 Å². The minimum atomic E-state index is -0.138. The van der Waals surface area contributed by atoms with E-state index >= 15 is 0 Å². The SMILES string of the molecule is Cc1csc(SCc2ccc(C(=O)N3CCN(C(C)C(=O)NC4CC4)CC3)cc2)n1. The third-order valence-corrected chi connectivity index (χ3v) is 7.82. The van der Waals surface area contributed by atoms with E-state index < -0.39 is 0 Å². The number of rotatable bonds is 7. The van der Waals surface area contributed by atoms with E-state index in [2.05, 4.69) is 20.6 Å². The van der Waals surface area contributed by atoms with E-state index in [0.717, 1.165) is 47.3 Å². The minimum absolute atomic E-state index is 0.0690. The highest BCUT2D eigenvalue weighted by Crippen LogP contribution is 2.26. The lowest BCUT2D eigenvalue weighted by molar-refractivity contribution is -0.126. The van der Waals surface area contributed by atoms with Gasteiger partial charge in [-0.1, -0.05) is 23.9 Å². The van der Waals surface area contributed by atoms with Gasteiger partial charge in [0.2, 0.25) is 5.91 Å². The average Bonchev–Trinajstić information content (AvgIpc) is 3.49. The molecule has 6 nitrogen and oxygen atoms in total. The van der Waals surface area contributed by atoms with Gasteiger partial charge in [-0.2, -0.15) is 0 Å². The molecule has 2 aromatic rings. The molecule has 8 heteroatoms. The van der Waals surface area contributed by atoms with Gasteiger partial charge in [-0.15, -0.1) is 11.3 Å². The van der Waals surface area contributed by atoms with Crippen molar-refractivity contribution in [3.8, 4) is 0 Å². The number of hydrogen-bond acceptors (Lipinski definition) is 6. The molecule has 160 valence electrons. The number of thioether (sulfide) groups is 1. The molecule has 1 atom stereocenters. The maximum Gasteiger partial charge on any atom is 0.253 e. The third kappa shape index (κ3) is 5.42. The maximum absolute atomic E-state index is 12.9. The molecule has 0 spiro atoms. The normalized spacial score (nSPS) is 18.3. The van der Waals surface area contributed by atoms with Crippen LogP contribution in [0.3, 0.4) is 0 Å². The third-order valence-electron chi connectivity index (χ3n) is 5.61. The van der Waals surface area contributed by atoms with Gasteiger partial charge >= 0.3 is 0 Å². The quantitative estimate of drug-likeness (QED) is 0.665. The number of nitrogens with one attached hydrogen (secondary N) is 1. The summed E-state index contributed by atoms with van der Waals surface area (Å²) < 4.78 is 1.07. The number of thiazole rings is 1. The molecular formula is C22H28N4O2S2. The summed E-state index contributed by atoms with van der Waals surface area (Å²) in [7, 11) is 0. The number of aromatic nitrogens is 1. The van der Waals surface area contributed by atoms with Gasteiger partial charge in [0.15, 0.2) is 0 Å². The Morgan fingerprint density at radius 3 is 2.50 bits per heavy atom. The highest BCUT2D eigenvalue weighted by molar-refractivity contribution is 8.00. The van der Waals surface area contributed by atoms with Crippen molar-refractivity contribution in [1.29, 1.82) is 0 Å². The second-order valence-corrected chi connectivity index (χ2v) is 10.1. The number of aryl methyl sites for hydroxylation is 1. The molecule has 1 N–H and O–H groups in total. The molecule has 0 bridgehead atoms. The Hall–Kier alpha value is -1.90. The van der Waals surface area contributed by atoms with Gasteiger partial charge in [0, 0.05) is 54.6 Å². The number of benzene rings is 1. The van der Waals surface area contributed by atoms with E-state index in [-0.39, 0.29) is 17.9 Å². The summed E-state index contributed by atoms with van der Waals surface area (Å²) in [4.78, 5) is 33.7. The lowest BCUT2D eigenvalue weighted by Gasteiger charge is -2.37. The Bertz CT molecular complexity index is 887. The van der Waals surface area contributed by atoms with Crippen molar-refractivity contribution in [2.75, 3.05) is 26.2 Å². The highest BCUT2D eigenvalue weighted by Gasteiger charge is 2.31. The van der Waals surface area contributed by atoms with Crippen LogP contribution in [0.5, 0.6) is 0 Å². The molecule has 2 aliphatic rings. The van der Waals surface area contributed by atoms with Gasteiger partial charge in [-0.25, -0.2) is 4.98 Å². The van der Waals surface area contributed by atoms with Crippen molar-refractivity contribution < 1.29 is 9.59 Å². The molecule has 1 unspecified atom stereocenters. The second-order valence-electron chi connectivity index (χ2n) is 8.03. The van der Waals surface area contributed by atoms with Crippen LogP contribution in [0.1, 0.15) is 41.4 Å². The summed E-state index contributed by atoms with van der Waals surface area (Å²) in [6, 6.07) is 8.14. The fourth-order valence-electron chi connectivity index (χ4n) is 3.50. The molecule has 1 aromatic carbocycles. The van der Waals surface area contributed by atoms with Gasteiger partial charge < -0.3 is 10.2 Å². The zero-order valence-electron chi connectivity index (χ0n) is 17.5. The van der Waals surface area contributed by atoms with Crippen LogP contribution in [-0.4, -0.2) is 64.9 Å². The van der Waals surface area contributed by atoms with Crippen LogP contribution < -0.4 is 5.32 Å². The van der Waals surface area contributed by atoms with Crippen molar-refractivity contribution >= 4 is 34.9 Å². The first-order valence-corrected chi connectivity index (χ1v) is 12.3. The van der Waals surface area contributed by atoms with Crippen LogP contribution in [-0.2, 0) is 10.5 Å². The van der Waals surface area contributed by atoms with E-state index in [1.54, 1.807) is 23.1 Å². The largest absolute Gasteiger partial charge is 0.352 e. The molecule has 30 heavy (non-hydrogen) atoms. The molecule has 2 heterocycles. The number of piperazine rings is 1. The summed E-state index contributed by atoms with van der Waals surface area (Å²) in [5.41, 5.74) is 2.97. The van der Waals surface area contributed by atoms with Crippen molar-refractivity contribution in [1.82, 2.24) is 20.1 Å². The summed E-state index contributed by atoms with van der Waals surface area (Å²) in [5.74, 6) is 1.03. The summed E-state index contributed by atoms with van der Waals surface area (Å²) in [6.07, 6.45) is 2.20. The molecule has 2 amide bonds. The Morgan fingerprint density at radius 2 is 1.90 bits per heavy atom. The number of nitrogens with zero attached hydrogens (tertiary/aromatic N) is 3. The van der Waals surface area contributed by atoms with Gasteiger partial charge in [0.25, 0.3) is 5.91 Å². The Morgan fingerprint density at radius 1 is 1.20 bits per heavy atom. The van der Waals surface area contributed by atoms with Crippen LogP contribution in [0, 0.1) is 6.92 Å². The Kier molecular flexibility index (Phi) is 6.75. The molecule has 1 saturated heterocycles. The van der Waals surface area contributed by atoms with Crippen LogP contribution >= 0.6 is 23.1 Å². The van der Waals surface area contributed by atoms with Crippen molar-refractivity contribution in [2.45, 2.75) is 48.9 Å². The van der Waals surface area contributed by atoms with Crippen molar-refractivity contribution in [3.05, 3.63) is 46.5 Å². The topological polar surface area (TPSA) is 65.5 Å².